The molecule has 2 aromatic rings. The number of Topliss-reactive ketones (excluding diaryl/α,β-unsaturated/α-hetero) is 1. The number of hydrogen-bond donors (Lipinski definition) is 1. The van der Waals surface area contributed by atoms with Crippen molar-refractivity contribution in [3.05, 3.63) is 57.8 Å². The van der Waals surface area contributed by atoms with Crippen LogP contribution in [-0.4, -0.2) is 24.3 Å². The number of carbonyl (C=O) groups is 3. The van der Waals surface area contributed by atoms with Crippen molar-refractivity contribution in [2.75, 3.05) is 6.61 Å². The van der Waals surface area contributed by atoms with Gasteiger partial charge in [0.1, 0.15) is 11.7 Å². The normalized spacial score (nSPS) is 25.1. The number of carbonyl (C=O) groups excluding carboxylic acids is 3. The SMILES string of the molecule is CCOC(=O)[C@H]1C(=O)C2=C(C[C@@H]1c1ccco1)NC(=O)C[C@H]2c1ccsc1. The van der Waals surface area contributed by atoms with Crippen LogP contribution in [0.2, 0.25) is 0 Å². The second-order valence-corrected chi connectivity index (χ2v) is 7.45. The van der Waals surface area contributed by atoms with E-state index in [1.165, 1.54) is 17.6 Å². The highest BCUT2D eigenvalue weighted by Gasteiger charge is 2.48. The maximum atomic E-state index is 13.4. The number of ether oxygens (including phenoxy) is 1. The van der Waals surface area contributed by atoms with Crippen LogP contribution in [0.1, 0.15) is 42.9 Å². The van der Waals surface area contributed by atoms with Gasteiger partial charge in [-0.05, 0) is 47.9 Å². The first-order valence-corrected chi connectivity index (χ1v) is 9.83. The average molecular weight is 385 g/mol. The van der Waals surface area contributed by atoms with Gasteiger partial charge in [0.05, 0.1) is 12.9 Å². The lowest BCUT2D eigenvalue weighted by Crippen LogP contribution is -2.44. The summed E-state index contributed by atoms with van der Waals surface area (Å²) in [5.41, 5.74) is 2.04. The highest BCUT2D eigenvalue weighted by atomic mass is 32.1. The van der Waals surface area contributed by atoms with Crippen LogP contribution >= 0.6 is 11.3 Å². The van der Waals surface area contributed by atoms with Crippen LogP contribution in [-0.2, 0) is 19.1 Å². The number of ketones is 1. The minimum absolute atomic E-state index is 0.120. The molecule has 0 aromatic carbocycles. The fraction of sp³-hybridized carbons (Fsp3) is 0.350. The zero-order chi connectivity index (χ0) is 19.0. The molecule has 1 N–H and O–H groups in total. The van der Waals surface area contributed by atoms with E-state index in [0.29, 0.717) is 23.5 Å². The van der Waals surface area contributed by atoms with Crippen LogP contribution < -0.4 is 5.32 Å². The predicted molar refractivity (Wildman–Crippen MR) is 98.0 cm³/mol. The number of furan rings is 1. The van der Waals surface area contributed by atoms with Crippen molar-refractivity contribution in [3.63, 3.8) is 0 Å². The van der Waals surface area contributed by atoms with Crippen LogP contribution in [0.25, 0.3) is 0 Å². The molecular weight excluding hydrogens is 366 g/mol. The van der Waals surface area contributed by atoms with E-state index in [1.54, 1.807) is 19.1 Å². The first-order valence-electron chi connectivity index (χ1n) is 8.89. The Labute approximate surface area is 160 Å². The van der Waals surface area contributed by atoms with Crippen molar-refractivity contribution in [1.29, 1.82) is 0 Å². The Hall–Kier alpha value is -2.67. The average Bonchev–Trinajstić information content (AvgIpc) is 3.34. The van der Waals surface area contributed by atoms with Gasteiger partial charge in [-0.3, -0.25) is 14.4 Å². The molecule has 6 nitrogen and oxygen atoms in total. The van der Waals surface area contributed by atoms with Gasteiger partial charge in [-0.25, -0.2) is 0 Å². The third kappa shape index (κ3) is 3.12. The van der Waals surface area contributed by atoms with Gasteiger partial charge in [0.15, 0.2) is 5.78 Å². The Morgan fingerprint density at radius 2 is 2.19 bits per heavy atom. The summed E-state index contributed by atoms with van der Waals surface area (Å²) in [6.45, 7) is 1.91. The molecule has 0 unspecified atom stereocenters. The summed E-state index contributed by atoms with van der Waals surface area (Å²) in [5, 5.41) is 6.72. The molecule has 1 amide bonds. The summed E-state index contributed by atoms with van der Waals surface area (Å²) < 4.78 is 10.7. The van der Waals surface area contributed by atoms with Crippen molar-refractivity contribution in [2.24, 2.45) is 5.92 Å². The lowest BCUT2D eigenvalue weighted by molar-refractivity contribution is -0.152. The standard InChI is InChI=1S/C20H19NO5S/c1-2-25-20(24)18-13(15-4-3-6-26-15)8-14-17(19(18)23)12(9-16(22)21-14)11-5-7-27-10-11/h3-7,10,12-13,18H,2,8-9H2,1H3,(H,21,22)/t12-,13+,18+/m0/s1. The second-order valence-electron chi connectivity index (χ2n) is 6.67. The molecule has 1 aliphatic heterocycles. The zero-order valence-electron chi connectivity index (χ0n) is 14.8. The Balaban J connectivity index is 1.80. The minimum Gasteiger partial charge on any atom is -0.469 e. The molecule has 27 heavy (non-hydrogen) atoms. The van der Waals surface area contributed by atoms with E-state index in [9.17, 15) is 14.4 Å². The molecule has 0 spiro atoms. The molecule has 2 aliphatic rings. The fourth-order valence-corrected chi connectivity index (χ4v) is 4.70. The first-order chi connectivity index (χ1) is 13.1. The maximum Gasteiger partial charge on any atom is 0.317 e. The Bertz CT molecular complexity index is 897. The fourth-order valence-electron chi connectivity index (χ4n) is 3.98. The molecule has 0 radical (unpaired) electrons. The molecule has 4 rings (SSSR count). The van der Waals surface area contributed by atoms with Crippen LogP contribution in [0.3, 0.4) is 0 Å². The quantitative estimate of drug-likeness (QED) is 0.646. The van der Waals surface area contributed by atoms with Gasteiger partial charge in [-0.1, -0.05) is 0 Å². The molecule has 3 atom stereocenters. The van der Waals surface area contributed by atoms with Gasteiger partial charge >= 0.3 is 5.97 Å². The van der Waals surface area contributed by atoms with E-state index in [0.717, 1.165) is 5.56 Å². The molecule has 3 heterocycles. The van der Waals surface area contributed by atoms with Gasteiger partial charge in [0, 0.05) is 29.5 Å². The maximum absolute atomic E-state index is 13.4. The van der Waals surface area contributed by atoms with E-state index in [2.05, 4.69) is 5.32 Å². The highest BCUT2D eigenvalue weighted by Crippen LogP contribution is 2.46. The molecule has 2 aromatic heterocycles. The van der Waals surface area contributed by atoms with Crippen LogP contribution in [0.15, 0.2) is 50.9 Å². The van der Waals surface area contributed by atoms with E-state index in [1.807, 2.05) is 16.8 Å². The Morgan fingerprint density at radius 3 is 2.85 bits per heavy atom. The Kier molecular flexibility index (Phi) is 4.70. The first kappa shape index (κ1) is 17.7. The number of rotatable bonds is 4. The molecule has 0 bridgehead atoms. The third-order valence-electron chi connectivity index (χ3n) is 5.12. The molecule has 0 fully saturated rings. The lowest BCUT2D eigenvalue weighted by Gasteiger charge is -2.36. The van der Waals surface area contributed by atoms with Gasteiger partial charge in [-0.2, -0.15) is 11.3 Å². The summed E-state index contributed by atoms with van der Waals surface area (Å²) in [4.78, 5) is 38.4. The van der Waals surface area contributed by atoms with Gasteiger partial charge in [0.25, 0.3) is 0 Å². The smallest absolute Gasteiger partial charge is 0.317 e. The van der Waals surface area contributed by atoms with Gasteiger partial charge in [-0.15, -0.1) is 0 Å². The molecule has 1 aliphatic carbocycles. The highest BCUT2D eigenvalue weighted by molar-refractivity contribution is 7.08. The summed E-state index contributed by atoms with van der Waals surface area (Å²) >= 11 is 1.52. The molecule has 0 saturated heterocycles. The van der Waals surface area contributed by atoms with Crippen molar-refractivity contribution in [3.8, 4) is 0 Å². The third-order valence-corrected chi connectivity index (χ3v) is 5.82. The van der Waals surface area contributed by atoms with E-state index < -0.39 is 17.8 Å². The summed E-state index contributed by atoms with van der Waals surface area (Å²) in [6.07, 6.45) is 2.06. The van der Waals surface area contributed by atoms with E-state index >= 15 is 0 Å². The van der Waals surface area contributed by atoms with Crippen molar-refractivity contribution < 1.29 is 23.5 Å². The number of amides is 1. The second kappa shape index (κ2) is 7.15. The number of esters is 1. The minimum atomic E-state index is -0.967. The largest absolute Gasteiger partial charge is 0.469 e. The number of thiophene rings is 1. The zero-order valence-corrected chi connectivity index (χ0v) is 15.6. The topological polar surface area (TPSA) is 85.6 Å². The van der Waals surface area contributed by atoms with Gasteiger partial charge < -0.3 is 14.5 Å². The predicted octanol–water partition coefficient (Wildman–Crippen LogP) is 3.13. The number of nitrogens with one attached hydrogen (secondary N) is 1. The molecule has 0 saturated carbocycles. The van der Waals surface area contributed by atoms with Crippen molar-refractivity contribution in [2.45, 2.75) is 31.6 Å². The number of hydrogen-bond acceptors (Lipinski definition) is 6. The molecule has 7 heteroatoms. The van der Waals surface area contributed by atoms with E-state index in [4.69, 9.17) is 9.15 Å². The van der Waals surface area contributed by atoms with Crippen LogP contribution in [0.5, 0.6) is 0 Å². The van der Waals surface area contributed by atoms with Gasteiger partial charge in [0.2, 0.25) is 5.91 Å². The lowest BCUT2D eigenvalue weighted by atomic mass is 9.69. The summed E-state index contributed by atoms with van der Waals surface area (Å²) in [7, 11) is 0. The summed E-state index contributed by atoms with van der Waals surface area (Å²) in [6, 6.07) is 5.39. The van der Waals surface area contributed by atoms with Crippen LogP contribution in [0.4, 0.5) is 0 Å². The van der Waals surface area contributed by atoms with E-state index in [-0.39, 0.29) is 30.6 Å². The molecule has 140 valence electrons. The monoisotopic (exact) mass is 385 g/mol. The van der Waals surface area contributed by atoms with Crippen molar-refractivity contribution in [1.82, 2.24) is 5.32 Å². The van der Waals surface area contributed by atoms with Crippen LogP contribution in [0, 0.1) is 5.92 Å². The molecular formula is C20H19NO5S. The van der Waals surface area contributed by atoms with Crippen molar-refractivity contribution >= 4 is 29.0 Å². The Morgan fingerprint density at radius 1 is 1.33 bits per heavy atom. The summed E-state index contributed by atoms with van der Waals surface area (Å²) in [5.74, 6) is -2.20. The number of allylic oxidation sites excluding steroid dienone is 2.